The third-order valence-corrected chi connectivity index (χ3v) is 3.21. The van der Waals surface area contributed by atoms with E-state index in [1.54, 1.807) is 12.4 Å². The third-order valence-electron chi connectivity index (χ3n) is 3.21. The minimum absolute atomic E-state index is 0.128. The van der Waals surface area contributed by atoms with Gasteiger partial charge in [-0.3, -0.25) is 4.98 Å². The Morgan fingerprint density at radius 2 is 1.79 bits per heavy atom. The fourth-order valence-corrected chi connectivity index (χ4v) is 2.12. The van der Waals surface area contributed by atoms with Gasteiger partial charge in [-0.1, -0.05) is 13.8 Å². The third kappa shape index (κ3) is 3.58. The van der Waals surface area contributed by atoms with Gasteiger partial charge in [0.15, 0.2) is 0 Å². The predicted molar refractivity (Wildman–Crippen MR) is 75.7 cm³/mol. The molecule has 2 unspecified atom stereocenters. The summed E-state index contributed by atoms with van der Waals surface area (Å²) < 4.78 is 0. The standard InChI is InChI=1S/C15H20N4/c1-3-7-17-14(15-18-8-4-9-19-15)12(2)13-5-10-16-11-6-13/h4-6,8-12,14,17H,3,7H2,1-2H3. The van der Waals surface area contributed by atoms with Gasteiger partial charge in [-0.2, -0.15) is 0 Å². The minimum atomic E-state index is 0.128. The molecular formula is C15H20N4. The maximum Gasteiger partial charge on any atom is 0.145 e. The van der Waals surface area contributed by atoms with Crippen LogP contribution in [0.1, 0.15) is 43.6 Å². The molecule has 0 aliphatic heterocycles. The molecule has 0 fully saturated rings. The van der Waals surface area contributed by atoms with Crippen molar-refractivity contribution in [1.29, 1.82) is 0 Å². The normalized spacial score (nSPS) is 14.0. The van der Waals surface area contributed by atoms with Gasteiger partial charge in [0.1, 0.15) is 5.82 Å². The summed E-state index contributed by atoms with van der Waals surface area (Å²) in [7, 11) is 0. The Labute approximate surface area is 114 Å². The number of hydrogen-bond donors (Lipinski definition) is 1. The first-order chi connectivity index (χ1) is 9.33. The molecule has 0 radical (unpaired) electrons. The molecule has 2 heterocycles. The Hall–Kier alpha value is -1.81. The van der Waals surface area contributed by atoms with Crippen LogP contribution in [0.4, 0.5) is 0 Å². The van der Waals surface area contributed by atoms with Gasteiger partial charge in [0.2, 0.25) is 0 Å². The van der Waals surface area contributed by atoms with E-state index in [0.717, 1.165) is 18.8 Å². The predicted octanol–water partition coefficient (Wildman–Crippen LogP) is 2.72. The molecule has 2 rings (SSSR count). The van der Waals surface area contributed by atoms with E-state index in [-0.39, 0.29) is 6.04 Å². The lowest BCUT2D eigenvalue weighted by atomic mass is 9.93. The Morgan fingerprint density at radius 3 is 2.42 bits per heavy atom. The summed E-state index contributed by atoms with van der Waals surface area (Å²) in [6.07, 6.45) is 8.33. The molecule has 19 heavy (non-hydrogen) atoms. The van der Waals surface area contributed by atoms with Gasteiger partial charge < -0.3 is 5.32 Å². The van der Waals surface area contributed by atoms with Gasteiger partial charge in [-0.15, -0.1) is 0 Å². The summed E-state index contributed by atoms with van der Waals surface area (Å²) in [5.74, 6) is 1.15. The van der Waals surface area contributed by atoms with Crippen LogP contribution in [0.2, 0.25) is 0 Å². The topological polar surface area (TPSA) is 50.7 Å². The lowest BCUT2D eigenvalue weighted by molar-refractivity contribution is 0.445. The minimum Gasteiger partial charge on any atom is -0.307 e. The van der Waals surface area contributed by atoms with E-state index < -0.39 is 0 Å². The molecular weight excluding hydrogens is 236 g/mol. The van der Waals surface area contributed by atoms with Crippen molar-refractivity contribution in [3.8, 4) is 0 Å². The Bertz CT molecular complexity index is 472. The van der Waals surface area contributed by atoms with Gasteiger partial charge in [-0.05, 0) is 36.7 Å². The fourth-order valence-electron chi connectivity index (χ4n) is 2.12. The van der Waals surface area contributed by atoms with E-state index in [1.165, 1.54) is 5.56 Å². The monoisotopic (exact) mass is 256 g/mol. The molecule has 0 amide bonds. The van der Waals surface area contributed by atoms with Crippen molar-refractivity contribution in [3.63, 3.8) is 0 Å². The molecule has 0 aromatic carbocycles. The van der Waals surface area contributed by atoms with E-state index in [1.807, 2.05) is 30.6 Å². The van der Waals surface area contributed by atoms with Crippen molar-refractivity contribution in [2.75, 3.05) is 6.54 Å². The van der Waals surface area contributed by atoms with E-state index in [0.29, 0.717) is 5.92 Å². The van der Waals surface area contributed by atoms with E-state index in [4.69, 9.17) is 0 Å². The molecule has 0 aliphatic rings. The number of rotatable bonds is 6. The van der Waals surface area contributed by atoms with Crippen LogP contribution >= 0.6 is 0 Å². The first-order valence-corrected chi connectivity index (χ1v) is 6.73. The zero-order chi connectivity index (χ0) is 13.5. The average molecular weight is 256 g/mol. The highest BCUT2D eigenvalue weighted by Crippen LogP contribution is 2.28. The van der Waals surface area contributed by atoms with Crippen molar-refractivity contribution in [2.45, 2.75) is 32.2 Å². The molecule has 2 aromatic heterocycles. The van der Waals surface area contributed by atoms with Crippen LogP contribution in [0, 0.1) is 0 Å². The summed E-state index contributed by atoms with van der Waals surface area (Å²) in [5.41, 5.74) is 1.25. The lowest BCUT2D eigenvalue weighted by Gasteiger charge is -2.24. The van der Waals surface area contributed by atoms with Crippen molar-refractivity contribution in [3.05, 3.63) is 54.4 Å². The number of nitrogens with one attached hydrogen (secondary N) is 1. The summed E-state index contributed by atoms with van der Waals surface area (Å²) in [4.78, 5) is 12.8. The fraction of sp³-hybridized carbons (Fsp3) is 0.400. The molecule has 0 bridgehead atoms. The van der Waals surface area contributed by atoms with Crippen molar-refractivity contribution in [2.24, 2.45) is 0 Å². The van der Waals surface area contributed by atoms with E-state index in [2.05, 4.69) is 34.1 Å². The molecule has 2 aromatic rings. The Balaban J connectivity index is 2.22. The summed E-state index contributed by atoms with van der Waals surface area (Å²) in [6.45, 7) is 5.31. The van der Waals surface area contributed by atoms with Crippen LogP contribution in [0.25, 0.3) is 0 Å². The second-order valence-electron chi connectivity index (χ2n) is 4.61. The maximum absolute atomic E-state index is 4.39. The second-order valence-corrected chi connectivity index (χ2v) is 4.61. The van der Waals surface area contributed by atoms with Crippen LogP contribution in [-0.2, 0) is 0 Å². The highest BCUT2D eigenvalue weighted by Gasteiger charge is 2.22. The van der Waals surface area contributed by atoms with E-state index >= 15 is 0 Å². The first-order valence-electron chi connectivity index (χ1n) is 6.73. The summed E-state index contributed by atoms with van der Waals surface area (Å²) in [6, 6.07) is 6.07. The summed E-state index contributed by atoms with van der Waals surface area (Å²) >= 11 is 0. The van der Waals surface area contributed by atoms with Gasteiger partial charge >= 0.3 is 0 Å². The molecule has 0 saturated heterocycles. The molecule has 4 heteroatoms. The van der Waals surface area contributed by atoms with Gasteiger partial charge in [0, 0.05) is 30.7 Å². The summed E-state index contributed by atoms with van der Waals surface area (Å²) in [5, 5.41) is 3.54. The molecule has 2 atom stereocenters. The number of nitrogens with zero attached hydrogens (tertiary/aromatic N) is 3. The van der Waals surface area contributed by atoms with Crippen LogP contribution in [0.3, 0.4) is 0 Å². The largest absolute Gasteiger partial charge is 0.307 e. The van der Waals surface area contributed by atoms with Crippen molar-refractivity contribution >= 4 is 0 Å². The zero-order valence-corrected chi connectivity index (χ0v) is 11.5. The highest BCUT2D eigenvalue weighted by molar-refractivity contribution is 5.19. The number of aromatic nitrogens is 3. The van der Waals surface area contributed by atoms with Gasteiger partial charge in [-0.25, -0.2) is 9.97 Å². The second kappa shape index (κ2) is 6.95. The molecule has 0 spiro atoms. The molecule has 4 nitrogen and oxygen atoms in total. The van der Waals surface area contributed by atoms with Crippen molar-refractivity contribution in [1.82, 2.24) is 20.3 Å². The number of pyridine rings is 1. The quantitative estimate of drug-likeness (QED) is 0.863. The molecule has 1 N–H and O–H groups in total. The van der Waals surface area contributed by atoms with E-state index in [9.17, 15) is 0 Å². The lowest BCUT2D eigenvalue weighted by Crippen LogP contribution is -2.28. The molecule has 0 saturated carbocycles. The van der Waals surface area contributed by atoms with Crippen LogP contribution in [0.5, 0.6) is 0 Å². The number of hydrogen-bond acceptors (Lipinski definition) is 4. The molecule has 100 valence electrons. The van der Waals surface area contributed by atoms with Crippen molar-refractivity contribution < 1.29 is 0 Å². The van der Waals surface area contributed by atoms with Crippen LogP contribution < -0.4 is 5.32 Å². The average Bonchev–Trinajstić information content (AvgIpc) is 2.49. The smallest absolute Gasteiger partial charge is 0.145 e. The van der Waals surface area contributed by atoms with Crippen LogP contribution in [0.15, 0.2) is 43.0 Å². The first kappa shape index (κ1) is 13.6. The Morgan fingerprint density at radius 1 is 1.11 bits per heavy atom. The zero-order valence-electron chi connectivity index (χ0n) is 11.5. The van der Waals surface area contributed by atoms with Gasteiger partial charge in [0.05, 0.1) is 6.04 Å². The van der Waals surface area contributed by atoms with Crippen LogP contribution in [-0.4, -0.2) is 21.5 Å². The maximum atomic E-state index is 4.39. The SMILES string of the molecule is CCCNC(c1ncccn1)C(C)c1ccncc1. The Kier molecular flexibility index (Phi) is 4.98. The van der Waals surface area contributed by atoms with Gasteiger partial charge in [0.25, 0.3) is 0 Å². The highest BCUT2D eigenvalue weighted by atomic mass is 15.0. The molecule has 0 aliphatic carbocycles.